The van der Waals surface area contributed by atoms with Crippen molar-refractivity contribution in [2.24, 2.45) is 17.1 Å². The van der Waals surface area contributed by atoms with Crippen LogP contribution >= 0.6 is 0 Å². The highest BCUT2D eigenvalue weighted by Crippen LogP contribution is 2.32. The lowest BCUT2D eigenvalue weighted by Crippen LogP contribution is -2.51. The number of piperidine rings is 1. The number of primary amides is 1. The molecule has 120 valence electrons. The Bertz CT molecular complexity index is 403. The second-order valence-electron chi connectivity index (χ2n) is 6.13. The molecule has 1 fully saturated rings. The third kappa shape index (κ3) is 5.00. The lowest BCUT2D eigenvalue weighted by atomic mass is 9.74. The van der Waals surface area contributed by atoms with E-state index in [9.17, 15) is 14.4 Å². The summed E-state index contributed by atoms with van der Waals surface area (Å²) in [4.78, 5) is 34.3. The van der Waals surface area contributed by atoms with Gasteiger partial charge in [-0.15, -0.1) is 0 Å². The van der Waals surface area contributed by atoms with Crippen LogP contribution in [-0.4, -0.2) is 42.0 Å². The zero-order chi connectivity index (χ0) is 16.0. The fourth-order valence-corrected chi connectivity index (χ4v) is 2.54. The average molecular weight is 299 g/mol. The summed E-state index contributed by atoms with van der Waals surface area (Å²) in [7, 11) is 0. The van der Waals surface area contributed by atoms with E-state index >= 15 is 0 Å². The van der Waals surface area contributed by atoms with Crippen molar-refractivity contribution in [3.8, 4) is 0 Å². The molecule has 2 atom stereocenters. The number of amides is 2. The van der Waals surface area contributed by atoms with E-state index in [0.717, 1.165) is 25.9 Å². The first-order valence-electron chi connectivity index (χ1n) is 7.28. The summed E-state index contributed by atoms with van der Waals surface area (Å²) in [6.07, 6.45) is 1.88. The molecule has 7 nitrogen and oxygen atoms in total. The van der Waals surface area contributed by atoms with Gasteiger partial charge in [0.1, 0.15) is 6.04 Å². The van der Waals surface area contributed by atoms with E-state index in [1.54, 1.807) is 0 Å². The average Bonchev–Trinajstić information content (AvgIpc) is 2.43. The van der Waals surface area contributed by atoms with Crippen molar-refractivity contribution < 1.29 is 19.5 Å². The van der Waals surface area contributed by atoms with Gasteiger partial charge in [0.25, 0.3) is 0 Å². The highest BCUT2D eigenvalue weighted by molar-refractivity contribution is 5.87. The maximum atomic E-state index is 12.4. The Morgan fingerprint density at radius 2 is 2.10 bits per heavy atom. The number of hydrogen-bond acceptors (Lipinski definition) is 4. The second-order valence-corrected chi connectivity index (χ2v) is 6.13. The van der Waals surface area contributed by atoms with Crippen molar-refractivity contribution in [1.82, 2.24) is 10.6 Å². The Morgan fingerprint density at radius 1 is 1.43 bits per heavy atom. The van der Waals surface area contributed by atoms with Crippen molar-refractivity contribution >= 4 is 17.8 Å². The van der Waals surface area contributed by atoms with Crippen LogP contribution in [-0.2, 0) is 14.4 Å². The van der Waals surface area contributed by atoms with Crippen LogP contribution in [0.4, 0.5) is 0 Å². The molecular formula is C14H25N3O4. The molecule has 0 aromatic carbocycles. The Hall–Kier alpha value is -1.63. The molecule has 1 saturated heterocycles. The fraction of sp³-hybridized carbons (Fsp3) is 0.786. The number of carboxylic acids is 1. The minimum Gasteiger partial charge on any atom is -0.480 e. The van der Waals surface area contributed by atoms with Gasteiger partial charge in [-0.1, -0.05) is 13.8 Å². The van der Waals surface area contributed by atoms with Gasteiger partial charge in [-0.25, -0.2) is 4.79 Å². The van der Waals surface area contributed by atoms with Crippen LogP contribution < -0.4 is 16.4 Å². The van der Waals surface area contributed by atoms with Crippen molar-refractivity contribution in [3.05, 3.63) is 0 Å². The molecule has 0 bridgehead atoms. The predicted molar refractivity (Wildman–Crippen MR) is 77.4 cm³/mol. The summed E-state index contributed by atoms with van der Waals surface area (Å²) >= 11 is 0. The van der Waals surface area contributed by atoms with E-state index in [-0.39, 0.29) is 24.7 Å². The summed E-state index contributed by atoms with van der Waals surface area (Å²) in [5.74, 6) is -1.86. The first-order valence-corrected chi connectivity index (χ1v) is 7.28. The standard InChI is InChI=1S/C14H25N3O4/c1-14(2,9-4-3-7-16-8-9)13(21)17-10(12(19)20)5-6-11(15)18/h9-10,16H,3-8H2,1-2H3,(H2,15,18)(H,17,21)(H,19,20)/t9?,10-/m0/s1. The predicted octanol–water partition coefficient (Wildman–Crippen LogP) is -0.153. The van der Waals surface area contributed by atoms with Gasteiger partial charge in [0.05, 0.1) is 0 Å². The summed E-state index contributed by atoms with van der Waals surface area (Å²) in [6.45, 7) is 5.35. The molecule has 0 aromatic rings. The molecule has 0 saturated carbocycles. The number of carboxylic acid groups (broad SMARTS) is 1. The van der Waals surface area contributed by atoms with E-state index < -0.39 is 23.3 Å². The van der Waals surface area contributed by atoms with Gasteiger partial charge in [-0.3, -0.25) is 9.59 Å². The largest absolute Gasteiger partial charge is 0.480 e. The second kappa shape index (κ2) is 7.40. The molecule has 0 spiro atoms. The first kappa shape index (κ1) is 17.4. The highest BCUT2D eigenvalue weighted by Gasteiger charge is 2.38. The normalized spacial score (nSPS) is 20.6. The van der Waals surface area contributed by atoms with Crippen LogP contribution in [0.3, 0.4) is 0 Å². The number of nitrogens with two attached hydrogens (primary N) is 1. The maximum Gasteiger partial charge on any atom is 0.326 e. The molecule has 0 aliphatic carbocycles. The Kier molecular flexibility index (Phi) is 6.14. The Balaban J connectivity index is 2.66. The minimum atomic E-state index is -1.15. The number of carbonyl (C=O) groups is 3. The SMILES string of the molecule is CC(C)(C(=O)N[C@@H](CCC(N)=O)C(=O)O)C1CCCNC1. The Morgan fingerprint density at radius 3 is 2.57 bits per heavy atom. The lowest BCUT2D eigenvalue weighted by molar-refractivity contribution is -0.144. The molecule has 1 aliphatic heterocycles. The van der Waals surface area contributed by atoms with E-state index in [4.69, 9.17) is 10.8 Å². The maximum absolute atomic E-state index is 12.4. The summed E-state index contributed by atoms with van der Waals surface area (Å²) < 4.78 is 0. The molecule has 5 N–H and O–H groups in total. The van der Waals surface area contributed by atoms with Crippen LogP contribution in [0.1, 0.15) is 39.5 Å². The van der Waals surface area contributed by atoms with Crippen LogP contribution in [0, 0.1) is 11.3 Å². The number of aliphatic carboxylic acids is 1. The van der Waals surface area contributed by atoms with E-state index in [0.29, 0.717) is 0 Å². The van der Waals surface area contributed by atoms with Gasteiger partial charge in [-0.05, 0) is 38.3 Å². The van der Waals surface area contributed by atoms with E-state index in [1.165, 1.54) is 0 Å². The van der Waals surface area contributed by atoms with Crippen LogP contribution in [0.25, 0.3) is 0 Å². The number of rotatable bonds is 7. The summed E-state index contributed by atoms with van der Waals surface area (Å²) in [6, 6.07) is -1.08. The van der Waals surface area contributed by atoms with Gasteiger partial charge < -0.3 is 21.5 Å². The topological polar surface area (TPSA) is 122 Å². The van der Waals surface area contributed by atoms with Crippen LogP contribution in [0.5, 0.6) is 0 Å². The molecule has 21 heavy (non-hydrogen) atoms. The molecular weight excluding hydrogens is 274 g/mol. The summed E-state index contributed by atoms with van der Waals surface area (Å²) in [5.41, 5.74) is 4.36. The third-order valence-corrected chi connectivity index (χ3v) is 4.19. The number of nitrogens with one attached hydrogen (secondary N) is 2. The molecule has 7 heteroatoms. The molecule has 1 rings (SSSR count). The molecule has 1 aliphatic rings. The molecule has 0 radical (unpaired) electrons. The zero-order valence-corrected chi connectivity index (χ0v) is 12.6. The van der Waals surface area contributed by atoms with Gasteiger partial charge in [-0.2, -0.15) is 0 Å². The molecule has 1 unspecified atom stereocenters. The molecule has 0 aromatic heterocycles. The molecule has 1 heterocycles. The van der Waals surface area contributed by atoms with Crippen molar-refractivity contribution in [2.75, 3.05) is 13.1 Å². The monoisotopic (exact) mass is 299 g/mol. The van der Waals surface area contributed by atoms with Crippen molar-refractivity contribution in [2.45, 2.75) is 45.6 Å². The quantitative estimate of drug-likeness (QED) is 0.521. The lowest BCUT2D eigenvalue weighted by Gasteiger charge is -2.36. The van der Waals surface area contributed by atoms with Gasteiger partial charge >= 0.3 is 5.97 Å². The van der Waals surface area contributed by atoms with Crippen molar-refractivity contribution in [3.63, 3.8) is 0 Å². The van der Waals surface area contributed by atoms with Crippen LogP contribution in [0.15, 0.2) is 0 Å². The Labute approximate surface area is 124 Å². The first-order chi connectivity index (χ1) is 9.75. The van der Waals surface area contributed by atoms with E-state index in [1.807, 2.05) is 13.8 Å². The highest BCUT2D eigenvalue weighted by atomic mass is 16.4. The number of carbonyl (C=O) groups excluding carboxylic acids is 2. The fourth-order valence-electron chi connectivity index (χ4n) is 2.54. The third-order valence-electron chi connectivity index (χ3n) is 4.19. The minimum absolute atomic E-state index is 0.00933. The van der Waals surface area contributed by atoms with Gasteiger partial charge in [0, 0.05) is 11.8 Å². The molecule has 2 amide bonds. The summed E-state index contributed by atoms with van der Waals surface area (Å²) in [5, 5.41) is 14.9. The van der Waals surface area contributed by atoms with Crippen molar-refractivity contribution in [1.29, 1.82) is 0 Å². The van der Waals surface area contributed by atoms with E-state index in [2.05, 4.69) is 10.6 Å². The smallest absolute Gasteiger partial charge is 0.326 e. The van der Waals surface area contributed by atoms with Gasteiger partial charge in [0.2, 0.25) is 11.8 Å². The number of hydrogen-bond donors (Lipinski definition) is 4. The van der Waals surface area contributed by atoms with Gasteiger partial charge in [0.15, 0.2) is 0 Å². The zero-order valence-electron chi connectivity index (χ0n) is 12.6. The van der Waals surface area contributed by atoms with Crippen LogP contribution in [0.2, 0.25) is 0 Å².